The highest BCUT2D eigenvalue weighted by atomic mass is 32.2. The van der Waals surface area contributed by atoms with Crippen molar-refractivity contribution in [3.05, 3.63) is 72.6 Å². The Hall–Kier alpha value is -2.86. The van der Waals surface area contributed by atoms with Gasteiger partial charge in [0, 0.05) is 35.6 Å². The third-order valence-corrected chi connectivity index (χ3v) is 6.73. The van der Waals surface area contributed by atoms with E-state index in [-0.39, 0.29) is 11.6 Å². The second-order valence-corrected chi connectivity index (χ2v) is 8.52. The molecule has 0 atom stereocenters. The van der Waals surface area contributed by atoms with Crippen molar-refractivity contribution >= 4 is 29.2 Å². The number of nitrogens with zero attached hydrogens (tertiary/aromatic N) is 2. The minimum absolute atomic E-state index is 0.0234. The lowest BCUT2D eigenvalue weighted by Gasteiger charge is -2.46. The molecule has 0 unspecified atom stereocenters. The molecular weight excluding hydrogens is 380 g/mol. The number of carbonyl (C=O) groups excluding carboxylic acids is 1. The highest BCUT2D eigenvalue weighted by Crippen LogP contribution is 2.43. The maximum Gasteiger partial charge on any atom is 0.321 e. The lowest BCUT2D eigenvalue weighted by atomic mass is 9.82. The fourth-order valence-corrected chi connectivity index (χ4v) is 4.93. The molecule has 3 heterocycles. The number of thioether (sulfide) groups is 1. The van der Waals surface area contributed by atoms with Crippen molar-refractivity contribution in [1.29, 1.82) is 0 Å². The number of para-hydroxylation sites is 2. The number of carbonyl (C=O) groups is 1. The summed E-state index contributed by atoms with van der Waals surface area (Å²) in [4.78, 5) is 15.9. The first-order valence-electron chi connectivity index (χ1n) is 9.94. The van der Waals surface area contributed by atoms with Crippen molar-refractivity contribution in [2.24, 2.45) is 0 Å². The summed E-state index contributed by atoms with van der Waals surface area (Å²) in [5.74, 6) is 0. The van der Waals surface area contributed by atoms with E-state index in [2.05, 4.69) is 57.8 Å². The predicted molar refractivity (Wildman–Crippen MR) is 119 cm³/mol. The van der Waals surface area contributed by atoms with Crippen molar-refractivity contribution in [3.8, 4) is 5.69 Å². The van der Waals surface area contributed by atoms with Crippen LogP contribution in [0.1, 0.15) is 18.5 Å². The van der Waals surface area contributed by atoms with Gasteiger partial charge in [0.15, 0.2) is 0 Å². The molecule has 0 bridgehead atoms. The Morgan fingerprint density at radius 3 is 2.72 bits per heavy atom. The van der Waals surface area contributed by atoms with Crippen LogP contribution < -0.4 is 10.6 Å². The number of hydrogen-bond donors (Lipinski definition) is 2. The first kappa shape index (κ1) is 18.2. The molecule has 2 aliphatic rings. The Kier molecular flexibility index (Phi) is 4.51. The lowest BCUT2D eigenvalue weighted by molar-refractivity contribution is 0.174. The molecule has 5 nitrogen and oxygen atoms in total. The van der Waals surface area contributed by atoms with Crippen molar-refractivity contribution in [2.45, 2.75) is 23.3 Å². The standard InChI is InChI=1S/C23H24N4OS/c1-29-18-7-4-6-17(16-18)24-22(28)26-14-11-23(12-15-26)21-10-5-13-27(21)20-9-3-2-8-19(20)25-23/h2-10,13,16,25H,11-12,14-15H2,1H3,(H,24,28). The average Bonchev–Trinajstić information content (AvgIpc) is 3.26. The topological polar surface area (TPSA) is 49.3 Å². The van der Waals surface area contributed by atoms with Crippen molar-refractivity contribution in [1.82, 2.24) is 9.47 Å². The molecule has 2 amide bonds. The summed E-state index contributed by atoms with van der Waals surface area (Å²) in [7, 11) is 0. The van der Waals surface area contributed by atoms with Gasteiger partial charge in [-0.3, -0.25) is 0 Å². The van der Waals surface area contributed by atoms with Gasteiger partial charge >= 0.3 is 6.03 Å². The summed E-state index contributed by atoms with van der Waals surface area (Å²) < 4.78 is 2.29. The van der Waals surface area contributed by atoms with Crippen LogP contribution in [-0.2, 0) is 5.54 Å². The molecule has 1 saturated heterocycles. The van der Waals surface area contributed by atoms with Crippen LogP contribution >= 0.6 is 11.8 Å². The molecule has 2 aromatic carbocycles. The molecule has 6 heteroatoms. The van der Waals surface area contributed by atoms with E-state index in [0.29, 0.717) is 13.1 Å². The molecule has 2 aliphatic heterocycles. The molecule has 148 valence electrons. The van der Waals surface area contributed by atoms with E-state index in [1.165, 1.54) is 11.4 Å². The number of rotatable bonds is 2. The van der Waals surface area contributed by atoms with Crippen LogP contribution in [0.4, 0.5) is 16.2 Å². The number of amides is 2. The highest BCUT2D eigenvalue weighted by molar-refractivity contribution is 7.98. The number of likely N-dealkylation sites (tertiary alicyclic amines) is 1. The van der Waals surface area contributed by atoms with Gasteiger partial charge in [-0.05, 0) is 61.6 Å². The molecule has 0 aliphatic carbocycles. The molecule has 5 rings (SSSR count). The van der Waals surface area contributed by atoms with Gasteiger partial charge in [0.25, 0.3) is 0 Å². The fourth-order valence-electron chi connectivity index (χ4n) is 4.47. The van der Waals surface area contributed by atoms with Gasteiger partial charge in [0.2, 0.25) is 0 Å². The Morgan fingerprint density at radius 2 is 1.90 bits per heavy atom. The zero-order valence-corrected chi connectivity index (χ0v) is 17.2. The quantitative estimate of drug-likeness (QED) is 0.581. The summed E-state index contributed by atoms with van der Waals surface area (Å²) in [5, 5.41) is 6.85. The smallest absolute Gasteiger partial charge is 0.321 e. The van der Waals surface area contributed by atoms with Gasteiger partial charge in [0.1, 0.15) is 0 Å². The van der Waals surface area contributed by atoms with Crippen LogP contribution in [0.5, 0.6) is 0 Å². The molecule has 1 fully saturated rings. The zero-order valence-electron chi connectivity index (χ0n) is 16.4. The number of aromatic nitrogens is 1. The van der Waals surface area contributed by atoms with E-state index < -0.39 is 0 Å². The van der Waals surface area contributed by atoms with Crippen molar-refractivity contribution in [3.63, 3.8) is 0 Å². The first-order chi connectivity index (χ1) is 14.2. The van der Waals surface area contributed by atoms with Crippen LogP contribution in [-0.4, -0.2) is 34.8 Å². The van der Waals surface area contributed by atoms with Crippen molar-refractivity contribution < 1.29 is 4.79 Å². The maximum absolute atomic E-state index is 12.8. The van der Waals surface area contributed by atoms with E-state index in [4.69, 9.17) is 0 Å². The monoisotopic (exact) mass is 404 g/mol. The third-order valence-electron chi connectivity index (χ3n) is 6.00. The number of hydrogen-bond acceptors (Lipinski definition) is 3. The van der Waals surface area contributed by atoms with E-state index in [9.17, 15) is 4.79 Å². The van der Waals surface area contributed by atoms with Crippen LogP contribution in [0.15, 0.2) is 71.8 Å². The molecule has 1 aromatic heterocycles. The first-order valence-corrected chi connectivity index (χ1v) is 11.2. The molecule has 3 aromatic rings. The summed E-state index contributed by atoms with van der Waals surface area (Å²) in [6, 6.07) is 20.7. The number of urea groups is 1. The van der Waals surface area contributed by atoms with Gasteiger partial charge in [-0.2, -0.15) is 0 Å². The van der Waals surface area contributed by atoms with Gasteiger partial charge in [-0.1, -0.05) is 18.2 Å². The van der Waals surface area contributed by atoms with Gasteiger partial charge in [0.05, 0.1) is 16.9 Å². The summed E-state index contributed by atoms with van der Waals surface area (Å²) in [5.41, 5.74) is 4.34. The van der Waals surface area contributed by atoms with Crippen LogP contribution in [0.25, 0.3) is 5.69 Å². The summed E-state index contributed by atoms with van der Waals surface area (Å²) in [6.07, 6.45) is 5.93. The molecular formula is C23H24N4OS. The Balaban J connectivity index is 1.32. The van der Waals surface area contributed by atoms with Crippen LogP contribution in [0, 0.1) is 0 Å². The Morgan fingerprint density at radius 1 is 1.07 bits per heavy atom. The van der Waals surface area contributed by atoms with Crippen LogP contribution in [0.2, 0.25) is 0 Å². The second-order valence-electron chi connectivity index (χ2n) is 7.64. The number of piperidine rings is 1. The second kappa shape index (κ2) is 7.19. The molecule has 0 saturated carbocycles. The van der Waals surface area contributed by atoms with E-state index in [1.807, 2.05) is 35.4 Å². The highest BCUT2D eigenvalue weighted by Gasteiger charge is 2.42. The maximum atomic E-state index is 12.8. The summed E-state index contributed by atoms with van der Waals surface area (Å²) in [6.45, 7) is 1.43. The van der Waals surface area contributed by atoms with Crippen LogP contribution in [0.3, 0.4) is 0 Å². The van der Waals surface area contributed by atoms with Gasteiger partial charge in [-0.25, -0.2) is 4.79 Å². The molecule has 1 spiro atoms. The average molecular weight is 405 g/mol. The zero-order chi connectivity index (χ0) is 19.8. The van der Waals surface area contributed by atoms with Crippen molar-refractivity contribution in [2.75, 3.05) is 30.0 Å². The fraction of sp³-hybridized carbons (Fsp3) is 0.261. The third kappa shape index (κ3) is 3.17. The molecule has 29 heavy (non-hydrogen) atoms. The van der Waals surface area contributed by atoms with Gasteiger partial charge < -0.3 is 20.1 Å². The summed E-state index contributed by atoms with van der Waals surface area (Å²) >= 11 is 1.67. The SMILES string of the molecule is CSc1cccc(NC(=O)N2CCC3(CC2)Nc2ccccc2-n2cccc23)c1. The number of nitrogens with one attached hydrogen (secondary N) is 2. The van der Waals surface area contributed by atoms with Gasteiger partial charge in [-0.15, -0.1) is 11.8 Å². The van der Waals surface area contributed by atoms with E-state index >= 15 is 0 Å². The molecule has 2 N–H and O–H groups in total. The predicted octanol–water partition coefficient (Wildman–Crippen LogP) is 5.15. The van der Waals surface area contributed by atoms with E-state index in [1.54, 1.807) is 11.8 Å². The van der Waals surface area contributed by atoms with E-state index in [0.717, 1.165) is 29.1 Å². The Labute approximate surface area is 175 Å². The molecule has 0 radical (unpaired) electrons. The number of anilines is 2. The number of fused-ring (bicyclic) bond motifs is 4. The largest absolute Gasteiger partial charge is 0.372 e. The minimum Gasteiger partial charge on any atom is -0.372 e. The normalized spacial score (nSPS) is 16.7. The number of benzene rings is 2. The lowest BCUT2D eigenvalue weighted by Crippen LogP contribution is -2.51. The Bertz CT molecular complexity index is 1050. The minimum atomic E-state index is -0.132.